The van der Waals surface area contributed by atoms with Crippen molar-refractivity contribution in [3.63, 3.8) is 0 Å². The Morgan fingerprint density at radius 1 is 1.30 bits per heavy atom. The molecule has 0 amide bonds. The van der Waals surface area contributed by atoms with Gasteiger partial charge in [-0.25, -0.2) is 0 Å². The van der Waals surface area contributed by atoms with Gasteiger partial charge in [-0.1, -0.05) is 36.0 Å². The molecule has 0 radical (unpaired) electrons. The quantitative estimate of drug-likeness (QED) is 0.710. The second-order valence-corrected chi connectivity index (χ2v) is 6.83. The van der Waals surface area contributed by atoms with Crippen molar-refractivity contribution in [2.24, 2.45) is 0 Å². The molecule has 2 aliphatic heterocycles. The molecule has 1 aliphatic carbocycles. The van der Waals surface area contributed by atoms with Crippen molar-refractivity contribution in [3.05, 3.63) is 82.3 Å². The van der Waals surface area contributed by atoms with E-state index >= 15 is 0 Å². The van der Waals surface area contributed by atoms with Crippen LogP contribution in [0, 0.1) is 0 Å². The molecule has 0 aromatic heterocycles. The van der Waals surface area contributed by atoms with E-state index in [-0.39, 0.29) is 0 Å². The maximum Gasteiger partial charge on any atom is 0.131 e. The highest BCUT2D eigenvalue weighted by Gasteiger charge is 2.25. The third-order valence-electron chi connectivity index (χ3n) is 4.28. The van der Waals surface area contributed by atoms with Gasteiger partial charge in [-0.3, -0.25) is 0 Å². The summed E-state index contributed by atoms with van der Waals surface area (Å²) < 4.78 is 6.11. The number of anilines is 1. The van der Waals surface area contributed by atoms with Gasteiger partial charge in [0.2, 0.25) is 0 Å². The molecule has 0 bridgehead atoms. The first-order valence-electron chi connectivity index (χ1n) is 7.99. The zero-order chi connectivity index (χ0) is 15.8. The lowest BCUT2D eigenvalue weighted by molar-refractivity contribution is 0.321. The Labute approximate surface area is 141 Å². The van der Waals surface area contributed by atoms with E-state index in [0.29, 0.717) is 0 Å². The molecule has 0 spiro atoms. The number of allylic oxidation sites excluding steroid dienone is 7. The lowest BCUT2D eigenvalue weighted by Crippen LogP contribution is -2.17. The Hall–Kier alpha value is -2.13. The standard InChI is InChI=1S/C20H19NOS/c1-3-21-17-9-5-7-11-19(17)23-20(21)13-15-12-14(2)16-8-4-6-10-18(16)22-15/h4-7,9-13H,3,8H2,1-2H3. The van der Waals surface area contributed by atoms with Crippen LogP contribution in [0.1, 0.15) is 20.3 Å². The van der Waals surface area contributed by atoms with Crippen LogP contribution in [-0.2, 0) is 4.74 Å². The van der Waals surface area contributed by atoms with E-state index in [1.165, 1.54) is 26.8 Å². The third kappa shape index (κ3) is 2.55. The molecule has 1 aromatic rings. The first kappa shape index (κ1) is 14.5. The number of fused-ring (bicyclic) bond motifs is 2. The van der Waals surface area contributed by atoms with E-state index < -0.39 is 0 Å². The third-order valence-corrected chi connectivity index (χ3v) is 5.40. The molecule has 4 rings (SSSR count). The zero-order valence-corrected chi connectivity index (χ0v) is 14.2. The molecular weight excluding hydrogens is 302 g/mol. The molecule has 0 atom stereocenters. The molecule has 2 nitrogen and oxygen atoms in total. The van der Waals surface area contributed by atoms with Crippen molar-refractivity contribution in [1.82, 2.24) is 0 Å². The van der Waals surface area contributed by atoms with Crippen LogP contribution in [0.4, 0.5) is 5.69 Å². The monoisotopic (exact) mass is 321 g/mol. The van der Waals surface area contributed by atoms with Gasteiger partial charge in [0, 0.05) is 23.1 Å². The lowest BCUT2D eigenvalue weighted by Gasteiger charge is -2.23. The van der Waals surface area contributed by atoms with Crippen LogP contribution in [0.25, 0.3) is 0 Å². The minimum atomic E-state index is 0.918. The molecule has 0 fully saturated rings. The van der Waals surface area contributed by atoms with Crippen molar-refractivity contribution >= 4 is 17.4 Å². The first-order chi connectivity index (χ1) is 11.3. The smallest absolute Gasteiger partial charge is 0.131 e. The SMILES string of the molecule is CCN1C(=CC2=CC(C)=C3CC=CC=C3O2)Sc2ccccc21. The van der Waals surface area contributed by atoms with Crippen molar-refractivity contribution in [2.75, 3.05) is 11.4 Å². The summed E-state index contributed by atoms with van der Waals surface area (Å²) in [5, 5.41) is 1.23. The molecule has 3 aliphatic rings. The highest BCUT2D eigenvalue weighted by molar-refractivity contribution is 8.03. The van der Waals surface area contributed by atoms with Crippen LogP contribution in [0.5, 0.6) is 0 Å². The number of thioether (sulfide) groups is 1. The fourth-order valence-corrected chi connectivity index (χ4v) is 4.30. The van der Waals surface area contributed by atoms with Crippen LogP contribution in [-0.4, -0.2) is 6.54 Å². The van der Waals surface area contributed by atoms with Crippen LogP contribution in [0.15, 0.2) is 87.2 Å². The van der Waals surface area contributed by atoms with Crippen molar-refractivity contribution in [3.8, 4) is 0 Å². The average Bonchev–Trinajstić information content (AvgIpc) is 2.92. The minimum Gasteiger partial charge on any atom is -0.457 e. The van der Waals surface area contributed by atoms with Gasteiger partial charge in [0.05, 0.1) is 10.7 Å². The van der Waals surface area contributed by atoms with Gasteiger partial charge in [0.1, 0.15) is 11.5 Å². The summed E-state index contributed by atoms with van der Waals surface area (Å²) in [4.78, 5) is 3.65. The molecule has 0 unspecified atom stereocenters. The number of rotatable bonds is 2. The van der Waals surface area contributed by atoms with Gasteiger partial charge >= 0.3 is 0 Å². The summed E-state index contributed by atoms with van der Waals surface area (Å²) in [7, 11) is 0. The Kier molecular flexibility index (Phi) is 3.66. The summed E-state index contributed by atoms with van der Waals surface area (Å²) >= 11 is 1.81. The van der Waals surface area contributed by atoms with Crippen LogP contribution in [0.3, 0.4) is 0 Å². The fraction of sp³-hybridized carbons (Fsp3) is 0.200. The fourth-order valence-electron chi connectivity index (χ4n) is 3.13. The lowest BCUT2D eigenvalue weighted by atomic mass is 9.98. The van der Waals surface area contributed by atoms with Gasteiger partial charge in [-0.2, -0.15) is 0 Å². The first-order valence-corrected chi connectivity index (χ1v) is 8.80. The summed E-state index contributed by atoms with van der Waals surface area (Å²) in [5.41, 5.74) is 3.88. The minimum absolute atomic E-state index is 0.918. The maximum atomic E-state index is 6.11. The van der Waals surface area contributed by atoms with Gasteiger partial charge < -0.3 is 9.64 Å². The normalized spacial score (nSPS) is 21.0. The number of hydrogen-bond donors (Lipinski definition) is 0. The highest BCUT2D eigenvalue weighted by atomic mass is 32.2. The van der Waals surface area contributed by atoms with Gasteiger partial charge in [-0.15, -0.1) is 0 Å². The average molecular weight is 321 g/mol. The molecule has 0 saturated heterocycles. The Bertz CT molecular complexity index is 811. The van der Waals surface area contributed by atoms with E-state index in [1.54, 1.807) is 0 Å². The molecule has 23 heavy (non-hydrogen) atoms. The van der Waals surface area contributed by atoms with E-state index in [0.717, 1.165) is 24.5 Å². The highest BCUT2D eigenvalue weighted by Crippen LogP contribution is 2.46. The molecule has 2 heterocycles. The van der Waals surface area contributed by atoms with E-state index in [4.69, 9.17) is 4.74 Å². The van der Waals surface area contributed by atoms with Crippen molar-refractivity contribution < 1.29 is 4.74 Å². The number of para-hydroxylation sites is 1. The van der Waals surface area contributed by atoms with Crippen LogP contribution >= 0.6 is 11.8 Å². The Morgan fingerprint density at radius 3 is 3.04 bits per heavy atom. The maximum absolute atomic E-state index is 6.11. The number of ether oxygens (including phenoxy) is 1. The van der Waals surface area contributed by atoms with Crippen LogP contribution in [0.2, 0.25) is 0 Å². The molecule has 1 aromatic carbocycles. The summed E-state index contributed by atoms with van der Waals surface area (Å²) in [6, 6.07) is 8.55. The van der Waals surface area contributed by atoms with Gasteiger partial charge in [0.25, 0.3) is 0 Å². The van der Waals surface area contributed by atoms with Gasteiger partial charge in [0.15, 0.2) is 0 Å². The van der Waals surface area contributed by atoms with E-state index in [2.05, 4.69) is 73.4 Å². The summed E-state index contributed by atoms with van der Waals surface area (Å²) in [6.45, 7) is 5.30. The van der Waals surface area contributed by atoms with E-state index in [1.807, 2.05) is 11.8 Å². The predicted octanol–water partition coefficient (Wildman–Crippen LogP) is 5.53. The Balaban J connectivity index is 1.68. The number of hydrogen-bond acceptors (Lipinski definition) is 3. The largest absolute Gasteiger partial charge is 0.457 e. The molecule has 3 heteroatoms. The zero-order valence-electron chi connectivity index (χ0n) is 13.4. The molecule has 0 N–H and O–H groups in total. The Morgan fingerprint density at radius 2 is 2.17 bits per heavy atom. The molecule has 116 valence electrons. The second kappa shape index (κ2) is 5.82. The second-order valence-electron chi connectivity index (χ2n) is 5.77. The van der Waals surface area contributed by atoms with Gasteiger partial charge in [-0.05, 0) is 50.1 Å². The number of benzene rings is 1. The summed E-state index contributed by atoms with van der Waals surface area (Å²) in [5.74, 6) is 1.91. The molecule has 0 saturated carbocycles. The number of nitrogens with zero attached hydrogens (tertiary/aromatic N) is 1. The van der Waals surface area contributed by atoms with Crippen LogP contribution < -0.4 is 4.90 Å². The summed E-state index contributed by atoms with van der Waals surface area (Å²) in [6.07, 6.45) is 11.6. The van der Waals surface area contributed by atoms with E-state index in [9.17, 15) is 0 Å². The molecular formula is C20H19NOS. The topological polar surface area (TPSA) is 12.5 Å². The van der Waals surface area contributed by atoms with Crippen molar-refractivity contribution in [2.45, 2.75) is 25.2 Å². The van der Waals surface area contributed by atoms with Crippen molar-refractivity contribution in [1.29, 1.82) is 0 Å². The predicted molar refractivity (Wildman–Crippen MR) is 97.1 cm³/mol.